The average molecular weight is 323 g/mol. The molecule has 0 spiro atoms. The normalized spacial score (nSPS) is 11.9. The van der Waals surface area contributed by atoms with Crippen LogP contribution in [0.5, 0.6) is 0 Å². The first-order chi connectivity index (χ1) is 11.6. The van der Waals surface area contributed by atoms with E-state index in [0.717, 1.165) is 5.56 Å². The molecule has 0 saturated heterocycles. The Bertz CT molecular complexity index is 870. The van der Waals surface area contributed by atoms with Crippen LogP contribution in [-0.4, -0.2) is 15.7 Å². The predicted octanol–water partition coefficient (Wildman–Crippen LogP) is 2.38. The molecule has 6 heteroatoms. The number of furan rings is 1. The molecule has 2 heterocycles. The van der Waals surface area contributed by atoms with E-state index in [9.17, 15) is 9.59 Å². The van der Waals surface area contributed by atoms with Crippen LogP contribution in [0.2, 0.25) is 0 Å². The summed E-state index contributed by atoms with van der Waals surface area (Å²) in [5.74, 6) is 0.293. The molecule has 1 N–H and O–H groups in total. The van der Waals surface area contributed by atoms with Crippen LogP contribution in [0.15, 0.2) is 70.1 Å². The van der Waals surface area contributed by atoms with Crippen molar-refractivity contribution in [3.63, 3.8) is 0 Å². The minimum Gasteiger partial charge on any atom is -0.467 e. The van der Waals surface area contributed by atoms with Gasteiger partial charge in [-0.25, -0.2) is 4.68 Å². The summed E-state index contributed by atoms with van der Waals surface area (Å²) in [6.07, 6.45) is 1.55. The monoisotopic (exact) mass is 323 g/mol. The topological polar surface area (TPSA) is 77.1 Å². The van der Waals surface area contributed by atoms with E-state index in [1.165, 1.54) is 16.8 Å². The molecule has 0 radical (unpaired) electrons. The van der Waals surface area contributed by atoms with Crippen LogP contribution in [0.4, 0.5) is 0 Å². The molecule has 6 nitrogen and oxygen atoms in total. The van der Waals surface area contributed by atoms with Gasteiger partial charge in [0.05, 0.1) is 18.8 Å². The standard InChI is InChI=1S/C18H17N3O3/c1-13(16-8-5-11-24-16)19-18(23)15-9-10-17(22)21(20-15)12-14-6-3-2-4-7-14/h2-11,13H,12H2,1H3,(H,19,23)/t13-/m1/s1. The molecule has 0 aliphatic heterocycles. The first-order valence-corrected chi connectivity index (χ1v) is 7.60. The zero-order valence-electron chi connectivity index (χ0n) is 13.2. The number of carbonyl (C=O) groups excluding carboxylic acids is 1. The molecule has 0 saturated carbocycles. The SMILES string of the molecule is C[C@@H](NC(=O)c1ccc(=O)n(Cc2ccccc2)n1)c1ccco1. The Balaban J connectivity index is 1.77. The van der Waals surface area contributed by atoms with Gasteiger partial charge in [0.2, 0.25) is 0 Å². The lowest BCUT2D eigenvalue weighted by atomic mass is 10.2. The minimum absolute atomic E-state index is 0.184. The van der Waals surface area contributed by atoms with Crippen molar-refractivity contribution in [2.24, 2.45) is 0 Å². The summed E-state index contributed by atoms with van der Waals surface area (Å²) in [6, 6.07) is 15.5. The Hall–Kier alpha value is -3.15. The largest absolute Gasteiger partial charge is 0.467 e. The third-order valence-electron chi connectivity index (χ3n) is 3.59. The molecule has 1 atom stereocenters. The third-order valence-corrected chi connectivity index (χ3v) is 3.59. The first-order valence-electron chi connectivity index (χ1n) is 7.60. The number of hydrogen-bond donors (Lipinski definition) is 1. The van der Waals surface area contributed by atoms with Gasteiger partial charge in [0.15, 0.2) is 0 Å². The minimum atomic E-state index is -0.360. The van der Waals surface area contributed by atoms with Gasteiger partial charge in [0.25, 0.3) is 11.5 Å². The summed E-state index contributed by atoms with van der Waals surface area (Å²) in [5, 5.41) is 6.96. The van der Waals surface area contributed by atoms with Crippen molar-refractivity contribution in [2.45, 2.75) is 19.5 Å². The highest BCUT2D eigenvalue weighted by molar-refractivity contribution is 5.92. The van der Waals surface area contributed by atoms with Gasteiger partial charge in [-0.1, -0.05) is 30.3 Å². The summed E-state index contributed by atoms with van der Waals surface area (Å²) < 4.78 is 6.54. The molecule has 2 aromatic heterocycles. The molecule has 0 fully saturated rings. The van der Waals surface area contributed by atoms with E-state index in [4.69, 9.17) is 4.42 Å². The molecule has 1 amide bonds. The van der Waals surface area contributed by atoms with Crippen molar-refractivity contribution in [1.29, 1.82) is 0 Å². The Morgan fingerprint density at radius 3 is 2.67 bits per heavy atom. The maximum Gasteiger partial charge on any atom is 0.272 e. The molecule has 1 aromatic carbocycles. The second-order valence-electron chi connectivity index (χ2n) is 5.41. The molecule has 122 valence electrons. The average Bonchev–Trinajstić information content (AvgIpc) is 3.12. The van der Waals surface area contributed by atoms with Gasteiger partial charge >= 0.3 is 0 Å². The second kappa shape index (κ2) is 6.95. The van der Waals surface area contributed by atoms with E-state index in [0.29, 0.717) is 12.3 Å². The van der Waals surface area contributed by atoms with E-state index >= 15 is 0 Å². The lowest BCUT2D eigenvalue weighted by molar-refractivity contribution is 0.0928. The number of rotatable bonds is 5. The van der Waals surface area contributed by atoms with Crippen molar-refractivity contribution in [3.05, 3.63) is 88.2 Å². The Kier molecular flexibility index (Phi) is 4.56. The van der Waals surface area contributed by atoms with Crippen LogP contribution in [0.25, 0.3) is 0 Å². The van der Waals surface area contributed by atoms with Crippen LogP contribution in [0.1, 0.15) is 34.8 Å². The summed E-state index contributed by atoms with van der Waals surface area (Å²) in [6.45, 7) is 2.13. The molecule has 0 aliphatic carbocycles. The van der Waals surface area contributed by atoms with Gasteiger partial charge in [-0.05, 0) is 30.7 Å². The summed E-state index contributed by atoms with van der Waals surface area (Å²) in [4.78, 5) is 24.3. The van der Waals surface area contributed by atoms with Crippen molar-refractivity contribution in [1.82, 2.24) is 15.1 Å². The van der Waals surface area contributed by atoms with E-state index in [-0.39, 0.29) is 23.2 Å². The van der Waals surface area contributed by atoms with E-state index in [1.54, 1.807) is 18.4 Å². The maximum atomic E-state index is 12.3. The molecule has 3 rings (SSSR count). The fourth-order valence-electron chi connectivity index (χ4n) is 2.32. The van der Waals surface area contributed by atoms with Crippen molar-refractivity contribution >= 4 is 5.91 Å². The second-order valence-corrected chi connectivity index (χ2v) is 5.41. The summed E-state index contributed by atoms with van der Waals surface area (Å²) in [5.41, 5.74) is 0.868. The van der Waals surface area contributed by atoms with Crippen LogP contribution in [-0.2, 0) is 6.54 Å². The van der Waals surface area contributed by atoms with Crippen LogP contribution < -0.4 is 10.9 Å². The quantitative estimate of drug-likeness (QED) is 0.782. The zero-order chi connectivity index (χ0) is 16.9. The highest BCUT2D eigenvalue weighted by atomic mass is 16.3. The van der Waals surface area contributed by atoms with E-state index < -0.39 is 0 Å². The number of amides is 1. The highest BCUT2D eigenvalue weighted by Gasteiger charge is 2.15. The van der Waals surface area contributed by atoms with Crippen LogP contribution in [0.3, 0.4) is 0 Å². The molecule has 0 aliphatic rings. The number of nitrogens with zero attached hydrogens (tertiary/aromatic N) is 2. The van der Waals surface area contributed by atoms with E-state index in [1.807, 2.05) is 37.3 Å². The van der Waals surface area contributed by atoms with Gasteiger partial charge in [-0.2, -0.15) is 5.10 Å². The van der Waals surface area contributed by atoms with Crippen molar-refractivity contribution in [3.8, 4) is 0 Å². The van der Waals surface area contributed by atoms with Gasteiger partial charge < -0.3 is 9.73 Å². The van der Waals surface area contributed by atoms with Crippen LogP contribution in [0, 0.1) is 0 Å². The summed E-state index contributed by atoms with van der Waals surface area (Å²) in [7, 11) is 0. The number of hydrogen-bond acceptors (Lipinski definition) is 4. The first kappa shape index (κ1) is 15.7. The molecule has 24 heavy (non-hydrogen) atoms. The van der Waals surface area contributed by atoms with Gasteiger partial charge in [-0.15, -0.1) is 0 Å². The van der Waals surface area contributed by atoms with Gasteiger partial charge in [0, 0.05) is 6.07 Å². The fourth-order valence-corrected chi connectivity index (χ4v) is 2.32. The molecule has 0 unspecified atom stereocenters. The lowest BCUT2D eigenvalue weighted by Crippen LogP contribution is -2.31. The smallest absolute Gasteiger partial charge is 0.272 e. The Labute approximate surface area is 138 Å². The van der Waals surface area contributed by atoms with Gasteiger partial charge in [0.1, 0.15) is 11.5 Å². The third kappa shape index (κ3) is 3.60. The summed E-state index contributed by atoms with van der Waals surface area (Å²) >= 11 is 0. The maximum absolute atomic E-state index is 12.3. The Morgan fingerprint density at radius 2 is 1.96 bits per heavy atom. The molecule has 0 bridgehead atoms. The lowest BCUT2D eigenvalue weighted by Gasteiger charge is -2.12. The number of nitrogens with one attached hydrogen (secondary N) is 1. The molecular formula is C18H17N3O3. The van der Waals surface area contributed by atoms with Crippen molar-refractivity contribution < 1.29 is 9.21 Å². The Morgan fingerprint density at radius 1 is 1.17 bits per heavy atom. The number of carbonyl (C=O) groups is 1. The van der Waals surface area contributed by atoms with Crippen LogP contribution >= 0.6 is 0 Å². The molecule has 3 aromatic rings. The molecular weight excluding hydrogens is 306 g/mol. The number of benzene rings is 1. The fraction of sp³-hybridized carbons (Fsp3) is 0.167. The number of aromatic nitrogens is 2. The van der Waals surface area contributed by atoms with Gasteiger partial charge in [-0.3, -0.25) is 9.59 Å². The predicted molar refractivity (Wildman–Crippen MR) is 88.6 cm³/mol. The van der Waals surface area contributed by atoms with E-state index in [2.05, 4.69) is 10.4 Å². The highest BCUT2D eigenvalue weighted by Crippen LogP contribution is 2.12. The van der Waals surface area contributed by atoms with Crippen molar-refractivity contribution in [2.75, 3.05) is 0 Å². The zero-order valence-corrected chi connectivity index (χ0v) is 13.2.